The highest BCUT2D eigenvalue weighted by Gasteiger charge is 2.24. The molecule has 11 nitrogen and oxygen atoms in total. The Labute approximate surface area is 144 Å². The molecule has 3 rings (SSSR count). The molecule has 0 aliphatic heterocycles. The van der Waals surface area contributed by atoms with Gasteiger partial charge in [-0.05, 0) is 25.1 Å². The van der Waals surface area contributed by atoms with Gasteiger partial charge in [0.15, 0.2) is 0 Å². The van der Waals surface area contributed by atoms with E-state index in [1.807, 2.05) is 0 Å². The molecule has 11 heteroatoms. The molecule has 0 unspecified atom stereocenters. The third-order valence-corrected chi connectivity index (χ3v) is 3.79. The Hall–Kier alpha value is -4.02. The molecule has 26 heavy (non-hydrogen) atoms. The van der Waals surface area contributed by atoms with Gasteiger partial charge in [-0.2, -0.15) is 0 Å². The van der Waals surface area contributed by atoms with Crippen molar-refractivity contribution in [2.45, 2.75) is 6.92 Å². The van der Waals surface area contributed by atoms with Gasteiger partial charge in [-0.15, -0.1) is 0 Å². The Morgan fingerprint density at radius 3 is 2.38 bits per heavy atom. The number of hydrogen-bond acceptors (Lipinski definition) is 6. The van der Waals surface area contributed by atoms with Gasteiger partial charge in [0.2, 0.25) is 0 Å². The van der Waals surface area contributed by atoms with E-state index in [2.05, 4.69) is 15.3 Å². The molecule has 0 radical (unpaired) electrons. The number of H-pyrrole nitrogens is 2. The quantitative estimate of drug-likeness (QED) is 0.478. The van der Waals surface area contributed by atoms with Crippen molar-refractivity contribution in [1.29, 1.82) is 0 Å². The minimum Gasteiger partial charge on any atom is -0.322 e. The number of fused-ring (bicyclic) bond motifs is 1. The molecule has 0 aliphatic carbocycles. The zero-order valence-electron chi connectivity index (χ0n) is 13.2. The van der Waals surface area contributed by atoms with E-state index in [0.29, 0.717) is 16.7 Å². The Bertz CT molecular complexity index is 1130. The van der Waals surface area contributed by atoms with E-state index in [1.165, 1.54) is 19.1 Å². The molecule has 0 atom stereocenters. The third kappa shape index (κ3) is 3.00. The smallest absolute Gasteiger partial charge is 0.322 e. The number of imidazole rings is 1. The van der Waals surface area contributed by atoms with Crippen LogP contribution in [0.25, 0.3) is 11.0 Å². The van der Waals surface area contributed by atoms with Crippen molar-refractivity contribution in [3.8, 4) is 0 Å². The van der Waals surface area contributed by atoms with Crippen LogP contribution < -0.4 is 11.0 Å². The molecule has 3 N–H and O–H groups in total. The van der Waals surface area contributed by atoms with Crippen molar-refractivity contribution < 1.29 is 14.6 Å². The summed E-state index contributed by atoms with van der Waals surface area (Å²) in [6.07, 6.45) is 0. The molecule has 132 valence electrons. The molecule has 0 saturated carbocycles. The summed E-state index contributed by atoms with van der Waals surface area (Å²) in [4.78, 5) is 49.3. The highest BCUT2D eigenvalue weighted by atomic mass is 16.6. The Morgan fingerprint density at radius 2 is 1.73 bits per heavy atom. The van der Waals surface area contributed by atoms with Gasteiger partial charge < -0.3 is 15.3 Å². The minimum absolute atomic E-state index is 0.00855. The number of nitro groups is 2. The number of amides is 1. The second-order valence-corrected chi connectivity index (χ2v) is 5.45. The first kappa shape index (κ1) is 16.8. The molecule has 1 aromatic heterocycles. The number of carbonyl (C=O) groups excluding carboxylic acids is 1. The molecular weight excluding hydrogens is 346 g/mol. The maximum absolute atomic E-state index is 12.5. The van der Waals surface area contributed by atoms with E-state index in [1.54, 1.807) is 6.07 Å². The number of nitrogens with zero attached hydrogens (tertiary/aromatic N) is 2. The van der Waals surface area contributed by atoms with Crippen molar-refractivity contribution in [3.63, 3.8) is 0 Å². The number of nitro benzene ring substituents is 2. The van der Waals surface area contributed by atoms with Crippen LogP contribution in [0.2, 0.25) is 0 Å². The van der Waals surface area contributed by atoms with E-state index in [-0.39, 0.29) is 11.1 Å². The predicted molar refractivity (Wildman–Crippen MR) is 91.4 cm³/mol. The Morgan fingerprint density at radius 1 is 1.04 bits per heavy atom. The van der Waals surface area contributed by atoms with E-state index >= 15 is 0 Å². The number of benzene rings is 2. The summed E-state index contributed by atoms with van der Waals surface area (Å²) in [7, 11) is 0. The number of rotatable bonds is 4. The van der Waals surface area contributed by atoms with Crippen LogP contribution in [0.3, 0.4) is 0 Å². The van der Waals surface area contributed by atoms with Crippen LogP contribution in [0.5, 0.6) is 0 Å². The first-order chi connectivity index (χ1) is 12.3. The fourth-order valence-corrected chi connectivity index (χ4v) is 2.52. The minimum atomic E-state index is -0.806. The lowest BCUT2D eigenvalue weighted by atomic mass is 10.0. The summed E-state index contributed by atoms with van der Waals surface area (Å²) in [5, 5.41) is 24.6. The Balaban J connectivity index is 2.01. The largest absolute Gasteiger partial charge is 0.323 e. The average molecular weight is 357 g/mol. The van der Waals surface area contributed by atoms with Gasteiger partial charge >= 0.3 is 5.69 Å². The number of aromatic amines is 2. The van der Waals surface area contributed by atoms with Gasteiger partial charge in [0, 0.05) is 17.3 Å². The molecule has 2 aromatic carbocycles. The van der Waals surface area contributed by atoms with Crippen molar-refractivity contribution in [1.82, 2.24) is 9.97 Å². The van der Waals surface area contributed by atoms with E-state index in [9.17, 15) is 29.8 Å². The molecule has 0 aliphatic rings. The van der Waals surface area contributed by atoms with Crippen molar-refractivity contribution in [2.24, 2.45) is 0 Å². The number of nitrogens with one attached hydrogen (secondary N) is 3. The average Bonchev–Trinajstić information content (AvgIpc) is 2.93. The standard InChI is InChI=1S/C15H11N5O6/c1-7-10(5-9(19(23)24)6-13(7)20(25)26)14(21)16-8-2-3-11-12(4-8)18-15(22)17-11/h2-6H,1H3,(H,16,21)(H2,17,18,22). The van der Waals surface area contributed by atoms with Gasteiger partial charge in [-0.1, -0.05) is 0 Å². The van der Waals surface area contributed by atoms with Crippen LogP contribution >= 0.6 is 0 Å². The van der Waals surface area contributed by atoms with Crippen molar-refractivity contribution in [3.05, 3.63) is 72.2 Å². The lowest BCUT2D eigenvalue weighted by molar-refractivity contribution is -0.394. The fraction of sp³-hybridized carbons (Fsp3) is 0.0667. The van der Waals surface area contributed by atoms with Crippen LogP contribution in [0.1, 0.15) is 15.9 Å². The van der Waals surface area contributed by atoms with E-state index < -0.39 is 32.8 Å². The Kier molecular flexibility index (Phi) is 3.96. The van der Waals surface area contributed by atoms with Gasteiger partial charge in [0.05, 0.1) is 32.5 Å². The number of anilines is 1. The highest BCUT2D eigenvalue weighted by Crippen LogP contribution is 2.28. The molecular formula is C15H11N5O6. The van der Waals surface area contributed by atoms with Crippen molar-refractivity contribution in [2.75, 3.05) is 5.32 Å². The summed E-state index contributed by atoms with van der Waals surface area (Å²) in [5.74, 6) is -0.744. The SMILES string of the molecule is Cc1c(C(=O)Nc2ccc3[nH]c(=O)[nH]c3c2)cc([N+](=O)[O-])cc1[N+](=O)[O-]. The van der Waals surface area contributed by atoms with Gasteiger partial charge in [0.1, 0.15) is 0 Å². The maximum Gasteiger partial charge on any atom is 0.323 e. The number of aromatic nitrogens is 2. The summed E-state index contributed by atoms with van der Waals surface area (Å²) in [6, 6.07) is 6.36. The van der Waals surface area contributed by atoms with E-state index in [4.69, 9.17) is 0 Å². The summed E-state index contributed by atoms with van der Waals surface area (Å²) < 4.78 is 0. The monoisotopic (exact) mass is 357 g/mol. The first-order valence-electron chi connectivity index (χ1n) is 7.23. The van der Waals surface area contributed by atoms with Crippen LogP contribution in [-0.2, 0) is 0 Å². The van der Waals surface area contributed by atoms with E-state index in [0.717, 1.165) is 12.1 Å². The van der Waals surface area contributed by atoms with Crippen molar-refractivity contribution >= 4 is 34.0 Å². The molecule has 0 bridgehead atoms. The summed E-state index contributed by atoms with van der Waals surface area (Å²) in [6.45, 7) is 1.34. The molecule has 0 saturated heterocycles. The number of hydrogen-bond donors (Lipinski definition) is 3. The van der Waals surface area contributed by atoms with Gasteiger partial charge in [0.25, 0.3) is 17.3 Å². The lowest BCUT2D eigenvalue weighted by Crippen LogP contribution is -2.14. The molecule has 0 fully saturated rings. The normalized spacial score (nSPS) is 10.7. The molecule has 1 heterocycles. The van der Waals surface area contributed by atoms with Gasteiger partial charge in [-0.3, -0.25) is 25.0 Å². The lowest BCUT2D eigenvalue weighted by Gasteiger charge is -2.08. The molecule has 3 aromatic rings. The third-order valence-electron chi connectivity index (χ3n) is 3.79. The maximum atomic E-state index is 12.5. The van der Waals surface area contributed by atoms with Crippen LogP contribution in [0.15, 0.2) is 35.1 Å². The zero-order valence-corrected chi connectivity index (χ0v) is 13.2. The van der Waals surface area contributed by atoms with Crippen LogP contribution in [-0.4, -0.2) is 25.7 Å². The topological polar surface area (TPSA) is 164 Å². The predicted octanol–water partition coefficient (Wildman–Crippen LogP) is 2.23. The van der Waals surface area contributed by atoms with Crippen LogP contribution in [0, 0.1) is 27.2 Å². The number of carbonyl (C=O) groups is 1. The van der Waals surface area contributed by atoms with Crippen LogP contribution in [0.4, 0.5) is 17.1 Å². The summed E-state index contributed by atoms with van der Waals surface area (Å²) >= 11 is 0. The zero-order chi connectivity index (χ0) is 19.0. The van der Waals surface area contributed by atoms with Gasteiger partial charge in [-0.25, -0.2) is 4.79 Å². The molecule has 0 spiro atoms. The second kappa shape index (κ2) is 6.12. The second-order valence-electron chi connectivity index (χ2n) is 5.45. The number of non-ortho nitro benzene ring substituents is 1. The summed E-state index contributed by atoms with van der Waals surface area (Å²) in [5.41, 5.74) is -0.361. The fourth-order valence-electron chi connectivity index (χ4n) is 2.52. The highest BCUT2D eigenvalue weighted by molar-refractivity contribution is 6.07. The molecule has 1 amide bonds. The first-order valence-corrected chi connectivity index (χ1v) is 7.23.